The topological polar surface area (TPSA) is 93.5 Å². The van der Waals surface area contributed by atoms with E-state index >= 15 is 0 Å². The van der Waals surface area contributed by atoms with Gasteiger partial charge in [0.15, 0.2) is 0 Å². The molecule has 0 aromatic heterocycles. The number of hydrogen-bond donors (Lipinski definition) is 3. The second-order valence-electron chi connectivity index (χ2n) is 6.82. The summed E-state index contributed by atoms with van der Waals surface area (Å²) < 4.78 is 5.13. The lowest BCUT2D eigenvalue weighted by atomic mass is 9.91. The van der Waals surface area contributed by atoms with Crippen molar-refractivity contribution in [1.82, 2.24) is 10.6 Å². The molecule has 0 unspecified atom stereocenters. The van der Waals surface area contributed by atoms with Gasteiger partial charge in [-0.05, 0) is 42.9 Å². The number of carbonyl (C=O) groups is 2. The van der Waals surface area contributed by atoms with Crippen LogP contribution in [0.1, 0.15) is 30.4 Å². The van der Waals surface area contributed by atoms with E-state index < -0.39 is 6.09 Å². The third-order valence-corrected chi connectivity index (χ3v) is 4.37. The molecule has 6 nitrogen and oxygen atoms in total. The van der Waals surface area contributed by atoms with Crippen molar-refractivity contribution in [2.45, 2.75) is 32.3 Å². The molecule has 0 spiro atoms. The Balaban J connectivity index is 1.64. The van der Waals surface area contributed by atoms with E-state index in [2.05, 4.69) is 22.8 Å². The van der Waals surface area contributed by atoms with Gasteiger partial charge in [-0.3, -0.25) is 4.79 Å². The van der Waals surface area contributed by atoms with Crippen molar-refractivity contribution in [1.29, 1.82) is 0 Å². The Labute approximate surface area is 172 Å². The zero-order chi connectivity index (χ0) is 20.7. The highest BCUT2D eigenvalue weighted by atomic mass is 16.5. The lowest BCUT2D eigenvalue weighted by Gasteiger charge is -2.16. The third kappa shape index (κ3) is 9.76. The molecular weight excluding hydrogens is 366 g/mol. The average Bonchev–Trinajstić information content (AvgIpc) is 2.75. The quantitative estimate of drug-likeness (QED) is 0.481. The highest BCUT2D eigenvalue weighted by molar-refractivity contribution is 5.78. The zero-order valence-electron chi connectivity index (χ0n) is 16.7. The van der Waals surface area contributed by atoms with Crippen molar-refractivity contribution < 1.29 is 14.3 Å². The molecule has 2 amide bonds. The van der Waals surface area contributed by atoms with Crippen molar-refractivity contribution in [3.63, 3.8) is 0 Å². The van der Waals surface area contributed by atoms with Crippen LogP contribution >= 0.6 is 0 Å². The third-order valence-electron chi connectivity index (χ3n) is 4.37. The van der Waals surface area contributed by atoms with Gasteiger partial charge < -0.3 is 21.1 Å². The highest BCUT2D eigenvalue weighted by Crippen LogP contribution is 2.19. The van der Waals surface area contributed by atoms with Gasteiger partial charge in [-0.25, -0.2) is 4.79 Å². The second-order valence-corrected chi connectivity index (χ2v) is 6.82. The molecule has 0 aliphatic carbocycles. The largest absolute Gasteiger partial charge is 0.445 e. The maximum Gasteiger partial charge on any atom is 0.407 e. The van der Waals surface area contributed by atoms with Crippen molar-refractivity contribution in [2.24, 2.45) is 5.73 Å². The highest BCUT2D eigenvalue weighted by Gasteiger charge is 2.15. The standard InChI is InChI=1S/C23H30N3O3/c24-13-7-12-21(16-19-8-3-1-4-9-19)17-22(27)25-14-15-26-23(28)29-18-20-10-5-2-6-11-20/h1-6,8-11H,7,12-18,24H2,(H,25,27)(H,26,28). The molecule has 0 aliphatic heterocycles. The molecule has 0 heterocycles. The first-order valence-electron chi connectivity index (χ1n) is 9.96. The summed E-state index contributed by atoms with van der Waals surface area (Å²) in [7, 11) is 0. The Kier molecular flexibility index (Phi) is 10.3. The number of amides is 2. The first kappa shape index (κ1) is 22.4. The molecule has 6 heteroatoms. The predicted molar refractivity (Wildman–Crippen MR) is 114 cm³/mol. The van der Waals surface area contributed by atoms with Gasteiger partial charge in [0, 0.05) is 19.5 Å². The van der Waals surface area contributed by atoms with Crippen molar-refractivity contribution in [3.8, 4) is 0 Å². The second kappa shape index (κ2) is 13.3. The van der Waals surface area contributed by atoms with E-state index in [1.807, 2.05) is 48.5 Å². The molecule has 1 radical (unpaired) electrons. The van der Waals surface area contributed by atoms with Gasteiger partial charge in [0.2, 0.25) is 5.91 Å². The van der Waals surface area contributed by atoms with E-state index in [-0.39, 0.29) is 12.5 Å². The van der Waals surface area contributed by atoms with Crippen LogP contribution in [0, 0.1) is 5.92 Å². The molecule has 4 N–H and O–H groups in total. The maximum atomic E-state index is 12.3. The van der Waals surface area contributed by atoms with E-state index in [1.54, 1.807) is 0 Å². The Morgan fingerprint density at radius 2 is 1.48 bits per heavy atom. The monoisotopic (exact) mass is 396 g/mol. The number of nitrogens with one attached hydrogen (secondary N) is 2. The van der Waals surface area contributed by atoms with Gasteiger partial charge in [0.05, 0.1) is 0 Å². The zero-order valence-corrected chi connectivity index (χ0v) is 16.7. The molecule has 0 bridgehead atoms. The molecule has 2 aromatic rings. The molecule has 155 valence electrons. The van der Waals surface area contributed by atoms with E-state index in [9.17, 15) is 9.59 Å². The summed E-state index contributed by atoms with van der Waals surface area (Å²) in [5, 5.41) is 5.48. The van der Waals surface area contributed by atoms with Crippen molar-refractivity contribution in [2.75, 3.05) is 19.6 Å². The number of hydrogen-bond acceptors (Lipinski definition) is 4. The Hall–Kier alpha value is -2.86. The minimum atomic E-state index is -0.498. The summed E-state index contributed by atoms with van der Waals surface area (Å²) in [6, 6.07) is 19.6. The Bertz CT molecular complexity index is 723. The molecule has 0 aliphatic rings. The summed E-state index contributed by atoms with van der Waals surface area (Å²) in [4.78, 5) is 24.0. The van der Waals surface area contributed by atoms with Crippen LogP contribution in [-0.4, -0.2) is 31.6 Å². The number of ether oxygens (including phenoxy) is 1. The van der Waals surface area contributed by atoms with E-state index in [1.165, 1.54) is 5.56 Å². The summed E-state index contributed by atoms with van der Waals surface area (Å²) in [5.41, 5.74) is 7.74. The lowest BCUT2D eigenvalue weighted by molar-refractivity contribution is -0.120. The molecule has 29 heavy (non-hydrogen) atoms. The average molecular weight is 397 g/mol. The molecule has 2 aromatic carbocycles. The van der Waals surface area contributed by atoms with Crippen LogP contribution < -0.4 is 16.4 Å². The van der Waals surface area contributed by atoms with Gasteiger partial charge in [0.25, 0.3) is 0 Å². The van der Waals surface area contributed by atoms with Crippen LogP contribution in [0.4, 0.5) is 4.79 Å². The van der Waals surface area contributed by atoms with Gasteiger partial charge in [-0.15, -0.1) is 0 Å². The van der Waals surface area contributed by atoms with E-state index in [4.69, 9.17) is 10.5 Å². The number of rotatable bonds is 12. The number of nitrogens with two attached hydrogens (primary N) is 1. The maximum absolute atomic E-state index is 12.3. The Morgan fingerprint density at radius 3 is 2.14 bits per heavy atom. The van der Waals surface area contributed by atoms with Crippen LogP contribution in [0.3, 0.4) is 0 Å². The predicted octanol–water partition coefficient (Wildman–Crippen LogP) is 2.98. The summed E-state index contributed by atoms with van der Waals surface area (Å²) in [6.07, 6.45) is 2.35. The van der Waals surface area contributed by atoms with Gasteiger partial charge in [-0.1, -0.05) is 60.7 Å². The summed E-state index contributed by atoms with van der Waals surface area (Å²) in [5.74, 6) is 1.11. The van der Waals surface area contributed by atoms with E-state index in [0.717, 1.165) is 30.7 Å². The van der Waals surface area contributed by atoms with Crippen LogP contribution in [0.5, 0.6) is 0 Å². The molecule has 0 atom stereocenters. The molecule has 0 saturated carbocycles. The molecular formula is C23H30N3O3. The smallest absolute Gasteiger partial charge is 0.407 e. The molecule has 0 saturated heterocycles. The van der Waals surface area contributed by atoms with Gasteiger partial charge in [-0.2, -0.15) is 0 Å². The van der Waals surface area contributed by atoms with Crippen LogP contribution in [-0.2, 0) is 22.6 Å². The summed E-state index contributed by atoms with van der Waals surface area (Å²) >= 11 is 0. The Morgan fingerprint density at radius 1 is 0.862 bits per heavy atom. The lowest BCUT2D eigenvalue weighted by Crippen LogP contribution is -2.35. The fourth-order valence-electron chi connectivity index (χ4n) is 2.91. The number of carbonyl (C=O) groups excluding carboxylic acids is 2. The number of alkyl carbamates (subject to hydrolysis) is 1. The fraction of sp³-hybridized carbons (Fsp3) is 0.348. The van der Waals surface area contributed by atoms with Gasteiger partial charge >= 0.3 is 6.09 Å². The minimum absolute atomic E-state index is 0.0487. The van der Waals surface area contributed by atoms with Crippen LogP contribution in [0.15, 0.2) is 60.7 Å². The first-order chi connectivity index (χ1) is 14.2. The first-order valence-corrected chi connectivity index (χ1v) is 9.96. The number of benzene rings is 2. The van der Waals surface area contributed by atoms with Crippen molar-refractivity contribution in [3.05, 3.63) is 77.7 Å². The van der Waals surface area contributed by atoms with Crippen molar-refractivity contribution >= 4 is 12.0 Å². The van der Waals surface area contributed by atoms with Gasteiger partial charge in [0.1, 0.15) is 6.61 Å². The molecule has 2 rings (SSSR count). The SMILES string of the molecule is NCCC[C](CC(=O)NCCNC(=O)OCc1ccccc1)Cc1ccccc1. The molecule has 0 fully saturated rings. The summed E-state index contributed by atoms with van der Waals surface area (Å²) in [6.45, 7) is 1.50. The normalized spacial score (nSPS) is 10.6. The van der Waals surface area contributed by atoms with Crippen LogP contribution in [0.25, 0.3) is 0 Å². The van der Waals surface area contributed by atoms with E-state index in [0.29, 0.717) is 26.1 Å². The minimum Gasteiger partial charge on any atom is -0.445 e. The fourth-order valence-corrected chi connectivity index (χ4v) is 2.91. The van der Waals surface area contributed by atoms with Crippen LogP contribution in [0.2, 0.25) is 0 Å².